The molecular weight excluding hydrogens is 1160 g/mol. The van der Waals surface area contributed by atoms with Crippen LogP contribution in [0, 0.1) is 0 Å². The number of likely N-dealkylation sites (tertiary alicyclic amines) is 1. The van der Waals surface area contributed by atoms with Gasteiger partial charge in [-0.1, -0.05) is 17.8 Å². The van der Waals surface area contributed by atoms with Crippen LogP contribution in [0.1, 0.15) is 18.4 Å². The monoisotopic (exact) mass is 1230 g/mol. The van der Waals surface area contributed by atoms with E-state index in [1.165, 1.54) is 58.2 Å². The van der Waals surface area contributed by atoms with Crippen molar-refractivity contribution in [3.63, 3.8) is 0 Å². The van der Waals surface area contributed by atoms with Gasteiger partial charge in [0.1, 0.15) is 17.5 Å². The molecule has 0 bridgehead atoms. The number of thioether (sulfide) groups is 1. The zero-order valence-electron chi connectivity index (χ0n) is 49.8. The van der Waals surface area contributed by atoms with E-state index in [9.17, 15) is 43.5 Å². The average molecular weight is 1240 g/mol. The molecule has 3 aliphatic rings. The van der Waals surface area contributed by atoms with E-state index in [0.29, 0.717) is 113 Å². The number of β-amino-alcohol motifs (C(OH)–C–C–N with tert-alkyl or cyclic N) is 1. The van der Waals surface area contributed by atoms with Crippen molar-refractivity contribution in [1.82, 2.24) is 91.2 Å². The predicted octanol–water partition coefficient (Wildman–Crippen LogP) is -2.96. The lowest BCUT2D eigenvalue weighted by Crippen LogP contribution is -2.47. The number of aliphatic imine (C=N–C) groups is 1. The maximum Gasteiger partial charge on any atom is 0.332 e. The van der Waals surface area contributed by atoms with Crippen molar-refractivity contribution in [1.29, 1.82) is 0 Å². The van der Waals surface area contributed by atoms with Crippen LogP contribution in [0.2, 0.25) is 0 Å². The molecule has 2 saturated heterocycles. The van der Waals surface area contributed by atoms with E-state index >= 15 is 0 Å². The highest BCUT2D eigenvalue weighted by Gasteiger charge is 2.29. The summed E-state index contributed by atoms with van der Waals surface area (Å²) in [5, 5.41) is 28.5. The van der Waals surface area contributed by atoms with Crippen LogP contribution in [-0.2, 0) is 62.8 Å². The van der Waals surface area contributed by atoms with E-state index in [-0.39, 0.29) is 35.2 Å². The zero-order valence-corrected chi connectivity index (χ0v) is 50.7. The Bertz CT molecular complexity index is 4360. The van der Waals surface area contributed by atoms with Gasteiger partial charge in [0.15, 0.2) is 38.6 Å². The number of pyridine rings is 1. The fourth-order valence-corrected chi connectivity index (χ4v) is 10.6. The number of hydrogen-bond donors (Lipinski definition) is 8. The Labute approximate surface area is 502 Å². The maximum atomic E-state index is 12.2. The number of imidazole rings is 3. The van der Waals surface area contributed by atoms with Crippen LogP contribution in [0.25, 0.3) is 33.5 Å². The fraction of sp³-hybridized carbons (Fsp3) is 0.453. The number of H-pyrrole nitrogens is 3. The fourth-order valence-electron chi connectivity index (χ4n) is 9.94. The standard InChI is InChI=1S/C14H17N7O2.C13H15N7O2S.C13H20N6O3.C13H18N4O3/c1-20-11-10(12(22)21(2)14(20)23)18-13(19-11)17-8-7-16-9-5-3-4-6-15-9;1-19-9-8(10(21)20(2)13(19)22)17-11(18-9)14-6-7-23-12-15-4-3-5-16-12;1-16-10-9(11(21)17(2)13(16)22)14-12(15-10)19-5-3-18(4-6-19)7-8-20;1-15-11-9(12(19)16(2)13(15)20)7-10(14-11)17-5-3-8(18)4-6-17/h3-6H,7-8H2,1-2H3,(H,15,16)(H2,17,18,19);3-5H,6-7H2,1-2H3,(H2,14,17,18);20H,3-8H2,1-2H3,(H,14,15);8,18H,3-7H2,1-2H3. The minimum Gasteiger partial charge on any atom is -0.395 e. The number of nitrogens with one attached hydrogen (secondary N) is 6. The number of rotatable bonds is 13. The summed E-state index contributed by atoms with van der Waals surface area (Å²) >= 11 is 1.51. The first-order chi connectivity index (χ1) is 42.2. The van der Waals surface area contributed by atoms with Gasteiger partial charge in [0.25, 0.3) is 22.2 Å². The molecule has 0 atom stereocenters. The lowest BCUT2D eigenvalue weighted by Gasteiger charge is -2.34. The van der Waals surface area contributed by atoms with Gasteiger partial charge in [-0.25, -0.2) is 39.1 Å². The van der Waals surface area contributed by atoms with Crippen molar-refractivity contribution in [3.05, 3.63) is 132 Å². The molecule has 8 N–H and O–H groups in total. The van der Waals surface area contributed by atoms with Crippen LogP contribution in [-0.4, -0.2) is 191 Å². The second-order valence-electron chi connectivity index (χ2n) is 20.8. The van der Waals surface area contributed by atoms with E-state index in [0.717, 1.165) is 74.9 Å². The second-order valence-corrected chi connectivity index (χ2v) is 21.9. The van der Waals surface area contributed by atoms with Crippen molar-refractivity contribution < 1.29 is 10.2 Å². The summed E-state index contributed by atoms with van der Waals surface area (Å²) in [6.45, 7) is 7.29. The van der Waals surface area contributed by atoms with E-state index < -0.39 is 22.5 Å². The minimum absolute atomic E-state index is 0.156. The number of hydrogen-bond acceptors (Lipinski definition) is 24. The van der Waals surface area contributed by atoms with Crippen molar-refractivity contribution in [2.75, 3.05) is 98.7 Å². The van der Waals surface area contributed by atoms with E-state index in [2.05, 4.69) is 80.5 Å². The Morgan fingerprint density at radius 3 is 1.59 bits per heavy atom. The number of fused-ring (bicyclic) bond motifs is 4. The number of aliphatic hydroxyl groups is 2. The van der Waals surface area contributed by atoms with Gasteiger partial charge in [0.05, 0.1) is 18.3 Å². The van der Waals surface area contributed by atoms with Crippen molar-refractivity contribution in [2.45, 2.75) is 30.5 Å². The average Bonchev–Trinajstić information content (AvgIpc) is 1.95. The topological polar surface area (TPSA) is 399 Å². The summed E-state index contributed by atoms with van der Waals surface area (Å²) in [6, 6.07) is 7.39. The Morgan fingerprint density at radius 1 is 0.545 bits per heavy atom. The lowest BCUT2D eigenvalue weighted by atomic mass is 10.1. The Kier molecular flexibility index (Phi) is 19.5. The first kappa shape index (κ1) is 62.8. The molecule has 3 aliphatic heterocycles. The zero-order chi connectivity index (χ0) is 63.1. The Morgan fingerprint density at radius 2 is 1.05 bits per heavy atom. The molecular formula is C53H70N24O10S. The molecule has 9 aromatic heterocycles. The number of amidine groups is 1. The van der Waals surface area contributed by atoms with Crippen molar-refractivity contribution >= 4 is 80.6 Å². The number of nitrogens with zero attached hydrogens (tertiary/aromatic N) is 18. The number of aliphatic hydroxyl groups excluding tert-OH is 2. The van der Waals surface area contributed by atoms with Gasteiger partial charge >= 0.3 is 22.8 Å². The molecule has 34 nitrogen and oxygen atoms in total. The highest BCUT2D eigenvalue weighted by Crippen LogP contribution is 2.25. The molecule has 88 heavy (non-hydrogen) atoms. The number of aryl methyl sites for hydroxylation is 3. The molecule has 0 radical (unpaired) electrons. The highest BCUT2D eigenvalue weighted by atomic mass is 32.2. The van der Waals surface area contributed by atoms with Gasteiger partial charge in [0.2, 0.25) is 17.8 Å². The summed E-state index contributed by atoms with van der Waals surface area (Å²) in [5.74, 6) is 4.32. The molecule has 0 spiro atoms. The number of aromatic nitrogens is 17. The van der Waals surface area contributed by atoms with Crippen LogP contribution in [0.3, 0.4) is 0 Å². The molecule has 0 unspecified atom stereocenters. The normalized spacial score (nSPS) is 14.2. The largest absolute Gasteiger partial charge is 0.395 e. The number of piperidine rings is 1. The Hall–Kier alpha value is -9.74. The summed E-state index contributed by atoms with van der Waals surface area (Å²) in [7, 11) is 12.2. The molecule has 0 saturated carbocycles. The van der Waals surface area contributed by atoms with Gasteiger partial charge in [0, 0.05) is 153 Å². The van der Waals surface area contributed by atoms with Gasteiger partial charge in [-0.05, 0) is 31.0 Å². The summed E-state index contributed by atoms with van der Waals surface area (Å²) in [5.41, 5.74) is -0.399. The van der Waals surface area contributed by atoms with Crippen LogP contribution < -0.4 is 65.8 Å². The minimum atomic E-state index is -0.405. The molecule has 12 rings (SSSR count). The maximum absolute atomic E-state index is 12.2. The number of piperazine rings is 1. The van der Waals surface area contributed by atoms with Crippen LogP contribution in [0.4, 0.5) is 29.5 Å². The summed E-state index contributed by atoms with van der Waals surface area (Å²) in [6.07, 6.45) is 6.75. The van der Waals surface area contributed by atoms with E-state index in [1.54, 1.807) is 52.8 Å². The van der Waals surface area contributed by atoms with E-state index in [1.807, 2.05) is 18.2 Å². The second kappa shape index (κ2) is 27.3. The molecule has 0 aromatic carbocycles. The van der Waals surface area contributed by atoms with E-state index in [4.69, 9.17) is 5.11 Å². The smallest absolute Gasteiger partial charge is 0.332 e. The SMILES string of the molecule is Cn1c(=O)c2[nH]c(N3CCN(CCO)CC3)nc2n(C)c1=O.Cn1c(=O)c2[nH]c(NCCNc3ccccn3)nc2n(C)c1=O.Cn1c(=O)c2[nH]c(NCCSc3ncccn3)nc2n(C)c1=O.Cn1c2c(c(=O)n(C)c1=O)CC(N1CCC(O)CC1)=N2. The van der Waals surface area contributed by atoms with Crippen LogP contribution >= 0.6 is 11.8 Å². The third kappa shape index (κ3) is 13.4. The lowest BCUT2D eigenvalue weighted by molar-refractivity contribution is 0.109. The van der Waals surface area contributed by atoms with Crippen molar-refractivity contribution in [2.24, 2.45) is 61.4 Å². The molecule has 0 aliphatic carbocycles. The molecule has 12 heterocycles. The van der Waals surface area contributed by atoms with Crippen LogP contribution in [0.15, 0.2) is 91.4 Å². The molecule has 2 fully saturated rings. The summed E-state index contributed by atoms with van der Waals surface area (Å²) < 4.78 is 9.76. The number of anilines is 4. The van der Waals surface area contributed by atoms with Gasteiger partial charge < -0.3 is 50.9 Å². The molecule has 35 heteroatoms. The predicted molar refractivity (Wildman–Crippen MR) is 332 cm³/mol. The van der Waals surface area contributed by atoms with Crippen molar-refractivity contribution in [3.8, 4) is 0 Å². The third-order valence-electron chi connectivity index (χ3n) is 15.0. The first-order valence-corrected chi connectivity index (χ1v) is 29.0. The first-order valence-electron chi connectivity index (χ1n) is 28.0. The Balaban J connectivity index is 0.000000140. The third-order valence-corrected chi connectivity index (χ3v) is 15.9. The van der Waals surface area contributed by atoms with Gasteiger partial charge in [-0.3, -0.25) is 60.6 Å². The molecule has 0 amide bonds. The summed E-state index contributed by atoms with van der Waals surface area (Å²) in [4.78, 5) is 141. The molecule has 468 valence electrons. The number of aromatic amines is 3. The molecule has 9 aromatic rings. The van der Waals surface area contributed by atoms with Gasteiger partial charge in [-0.15, -0.1) is 0 Å². The quantitative estimate of drug-likeness (QED) is 0.0325. The van der Waals surface area contributed by atoms with Crippen LogP contribution in [0.5, 0.6) is 0 Å². The van der Waals surface area contributed by atoms with Gasteiger partial charge in [-0.2, -0.15) is 15.0 Å². The highest BCUT2D eigenvalue weighted by molar-refractivity contribution is 7.99.